The van der Waals surface area contributed by atoms with Crippen LogP contribution in [0.3, 0.4) is 0 Å². The van der Waals surface area contributed by atoms with Crippen LogP contribution in [0.2, 0.25) is 0 Å². The second-order valence-corrected chi connectivity index (χ2v) is 1.72. The van der Waals surface area contributed by atoms with Gasteiger partial charge in [-0.2, -0.15) is 0 Å². The minimum absolute atomic E-state index is 0.0415. The van der Waals surface area contributed by atoms with Crippen LogP contribution in [0.5, 0.6) is 0 Å². The summed E-state index contributed by atoms with van der Waals surface area (Å²) >= 11 is 0. The van der Waals surface area contributed by atoms with Gasteiger partial charge in [-0.3, -0.25) is 4.18 Å². The minimum atomic E-state index is -2.80. The highest BCUT2D eigenvalue weighted by Crippen LogP contribution is 1.75. The van der Waals surface area contributed by atoms with E-state index in [0.717, 1.165) is 0 Å². The predicted octanol–water partition coefficient (Wildman–Crippen LogP) is -0.160. The summed E-state index contributed by atoms with van der Waals surface area (Å²) in [6.45, 7) is -0.0391. The van der Waals surface area contributed by atoms with Crippen molar-refractivity contribution >= 4 is 11.0 Å². The molecule has 0 fully saturated rings. The van der Waals surface area contributed by atoms with E-state index in [-0.39, 0.29) is 13.2 Å². The Morgan fingerprint density at radius 1 is 1.67 bits per heavy atom. The van der Waals surface area contributed by atoms with Crippen LogP contribution >= 0.6 is 0 Å². The molecule has 0 saturated heterocycles. The molecule has 0 aromatic carbocycles. The van der Waals surface area contributed by atoms with E-state index < -0.39 is 11.0 Å². The first-order valence-corrected chi connectivity index (χ1v) is 3.15. The van der Waals surface area contributed by atoms with Gasteiger partial charge in [0, 0.05) is 4.91 Å². The molecule has 0 bridgehead atoms. The Hall–Kier alpha value is -0.780. The zero-order valence-corrected chi connectivity index (χ0v) is 5.32. The largest absolute Gasteiger partial charge is 0.272 e. The molecule has 0 aliphatic rings. The highest BCUT2D eigenvalue weighted by Gasteiger charge is 1.82. The van der Waals surface area contributed by atoms with Crippen LogP contribution in [-0.4, -0.2) is 21.6 Å². The summed E-state index contributed by atoms with van der Waals surface area (Å²) in [5, 5.41) is 3.03. The summed E-state index contributed by atoms with van der Waals surface area (Å²) in [4.78, 5) is 2.38. The van der Waals surface area contributed by atoms with Gasteiger partial charge in [-0.05, 0) is 5.53 Å². The van der Waals surface area contributed by atoms with Crippen molar-refractivity contribution in [3.8, 4) is 0 Å². The summed E-state index contributed by atoms with van der Waals surface area (Å²) < 4.78 is 23.3. The quantitative estimate of drug-likeness (QED) is 0.199. The van der Waals surface area contributed by atoms with Gasteiger partial charge in [0.25, 0.3) is 11.0 Å². The Morgan fingerprint density at radius 2 is 2.33 bits per heavy atom. The topological polar surface area (TPSA) is 92.1 Å². The van der Waals surface area contributed by atoms with Gasteiger partial charge < -0.3 is 0 Å². The fourth-order valence-electron chi connectivity index (χ4n) is 0.201. The fraction of sp³-hybridized carbons (Fsp3) is 1.00. The third-order valence-electron chi connectivity index (χ3n) is 0.451. The fourth-order valence-corrected chi connectivity index (χ4v) is 0.432. The molecule has 0 aromatic heterocycles. The average Bonchev–Trinajstić information content (AvgIpc) is 1.80. The van der Waals surface area contributed by atoms with Crippen LogP contribution in [0.15, 0.2) is 5.11 Å². The maximum atomic E-state index is 9.64. The first-order valence-electron chi connectivity index (χ1n) is 2.05. The molecule has 7 heteroatoms. The molecule has 0 aliphatic carbocycles. The standard InChI is InChI=1S/C2H5N3O3S/c3-5-4-1-2-8-9(6)7/h9H,1-2H2. The Bertz CT molecular complexity index is 173. The van der Waals surface area contributed by atoms with Crippen molar-refractivity contribution < 1.29 is 12.6 Å². The molecule has 0 radical (unpaired) electrons. The number of thiol groups is 1. The lowest BCUT2D eigenvalue weighted by molar-refractivity contribution is 0.343. The van der Waals surface area contributed by atoms with E-state index in [1.165, 1.54) is 0 Å². The molecule has 0 amide bonds. The van der Waals surface area contributed by atoms with Crippen LogP contribution in [0.4, 0.5) is 0 Å². The summed E-state index contributed by atoms with van der Waals surface area (Å²) in [7, 11) is -2.80. The van der Waals surface area contributed by atoms with Gasteiger partial charge in [-0.15, -0.1) is 0 Å². The summed E-state index contributed by atoms with van der Waals surface area (Å²) in [6, 6.07) is 0. The van der Waals surface area contributed by atoms with Gasteiger partial charge >= 0.3 is 0 Å². The molecule has 0 unspecified atom stereocenters. The van der Waals surface area contributed by atoms with Gasteiger partial charge in [-0.25, -0.2) is 8.42 Å². The molecule has 0 heterocycles. The molecular formula is C2H5N3O3S. The highest BCUT2D eigenvalue weighted by molar-refractivity contribution is 7.67. The summed E-state index contributed by atoms with van der Waals surface area (Å²) in [6.07, 6.45) is 0. The van der Waals surface area contributed by atoms with E-state index in [4.69, 9.17) is 5.53 Å². The first-order chi connectivity index (χ1) is 4.27. The molecule has 0 atom stereocenters. The number of hydrogen-bond donors (Lipinski definition) is 1. The zero-order valence-electron chi connectivity index (χ0n) is 4.43. The molecule has 6 nitrogen and oxygen atoms in total. The maximum Gasteiger partial charge on any atom is 0.257 e. The molecule has 0 saturated carbocycles. The monoisotopic (exact) mass is 151 g/mol. The molecule has 0 aliphatic heterocycles. The zero-order chi connectivity index (χ0) is 7.11. The van der Waals surface area contributed by atoms with Gasteiger partial charge in [0.05, 0.1) is 13.2 Å². The SMILES string of the molecule is [N-]=[N+]=NCCO[SH](=O)=O. The van der Waals surface area contributed by atoms with E-state index in [2.05, 4.69) is 14.2 Å². The molecular weight excluding hydrogens is 146 g/mol. The van der Waals surface area contributed by atoms with Gasteiger partial charge in [0.1, 0.15) is 0 Å². The lowest BCUT2D eigenvalue weighted by Gasteiger charge is -1.85. The lowest BCUT2D eigenvalue weighted by Crippen LogP contribution is -1.94. The Labute approximate surface area is 53.2 Å². The predicted molar refractivity (Wildman–Crippen MR) is 30.3 cm³/mol. The first kappa shape index (κ1) is 8.22. The van der Waals surface area contributed by atoms with E-state index in [0.29, 0.717) is 0 Å². The van der Waals surface area contributed by atoms with Crippen molar-refractivity contribution in [1.82, 2.24) is 0 Å². The normalized spacial score (nSPS) is 9.00. The van der Waals surface area contributed by atoms with Crippen LogP contribution in [-0.2, 0) is 15.2 Å². The van der Waals surface area contributed by atoms with Crippen molar-refractivity contribution in [2.24, 2.45) is 5.11 Å². The number of azide groups is 1. The van der Waals surface area contributed by atoms with Crippen molar-refractivity contribution in [3.63, 3.8) is 0 Å². The maximum absolute atomic E-state index is 9.64. The third-order valence-corrected chi connectivity index (χ3v) is 0.845. The number of nitrogens with zero attached hydrogens (tertiary/aromatic N) is 3. The second kappa shape index (κ2) is 5.36. The molecule has 0 aromatic rings. The Morgan fingerprint density at radius 3 is 2.78 bits per heavy atom. The minimum Gasteiger partial charge on any atom is -0.272 e. The number of hydrogen-bond acceptors (Lipinski definition) is 4. The Kier molecular flexibility index (Phi) is 4.89. The van der Waals surface area contributed by atoms with E-state index in [1.807, 2.05) is 0 Å². The van der Waals surface area contributed by atoms with Crippen LogP contribution in [0, 0.1) is 0 Å². The second-order valence-electron chi connectivity index (χ2n) is 1.01. The van der Waals surface area contributed by atoms with E-state index in [9.17, 15) is 8.42 Å². The van der Waals surface area contributed by atoms with E-state index >= 15 is 0 Å². The summed E-state index contributed by atoms with van der Waals surface area (Å²) in [5.74, 6) is 0. The van der Waals surface area contributed by atoms with Gasteiger partial charge in [0.2, 0.25) is 0 Å². The average molecular weight is 151 g/mol. The smallest absolute Gasteiger partial charge is 0.257 e. The van der Waals surface area contributed by atoms with Gasteiger partial charge in [-0.1, -0.05) is 5.11 Å². The third kappa shape index (κ3) is 7.22. The van der Waals surface area contributed by atoms with Crippen LogP contribution in [0.1, 0.15) is 0 Å². The van der Waals surface area contributed by atoms with Crippen molar-refractivity contribution in [2.75, 3.05) is 13.2 Å². The molecule has 0 N–H and O–H groups in total. The number of rotatable bonds is 4. The van der Waals surface area contributed by atoms with E-state index in [1.54, 1.807) is 0 Å². The van der Waals surface area contributed by atoms with Crippen molar-refractivity contribution in [2.45, 2.75) is 0 Å². The lowest BCUT2D eigenvalue weighted by atomic mass is 10.8. The van der Waals surface area contributed by atoms with Crippen molar-refractivity contribution in [3.05, 3.63) is 10.4 Å². The highest BCUT2D eigenvalue weighted by atomic mass is 32.2. The van der Waals surface area contributed by atoms with Crippen LogP contribution < -0.4 is 0 Å². The molecule has 9 heavy (non-hydrogen) atoms. The van der Waals surface area contributed by atoms with Crippen molar-refractivity contribution in [1.29, 1.82) is 0 Å². The Balaban J connectivity index is 3.20. The van der Waals surface area contributed by atoms with Gasteiger partial charge in [0.15, 0.2) is 0 Å². The molecule has 52 valence electrons. The van der Waals surface area contributed by atoms with Crippen LogP contribution in [0.25, 0.3) is 10.4 Å². The summed E-state index contributed by atoms with van der Waals surface area (Å²) in [5.41, 5.74) is 7.68. The molecule has 0 rings (SSSR count). The molecule has 0 spiro atoms.